The van der Waals surface area contributed by atoms with Crippen molar-refractivity contribution >= 4 is 17.1 Å². The molecule has 2 heterocycles. The molecule has 0 amide bonds. The Labute approximate surface area is 133 Å². The summed E-state index contributed by atoms with van der Waals surface area (Å²) in [7, 11) is 1.58. The fourth-order valence-corrected chi connectivity index (χ4v) is 2.67. The number of pyridine rings is 1. The summed E-state index contributed by atoms with van der Waals surface area (Å²) in [6.45, 7) is 0.458. The molecular weight excluding hydrogens is 290 g/mol. The van der Waals surface area contributed by atoms with Crippen LogP contribution in [0.4, 0.5) is 0 Å². The van der Waals surface area contributed by atoms with E-state index in [1.54, 1.807) is 13.2 Å². The molecule has 0 aliphatic heterocycles. The van der Waals surface area contributed by atoms with Crippen molar-refractivity contribution in [2.75, 3.05) is 7.11 Å². The number of rotatable bonds is 4. The molecule has 0 unspecified atom stereocenters. The van der Waals surface area contributed by atoms with Gasteiger partial charge in [-0.25, -0.2) is 9.97 Å². The quantitative estimate of drug-likeness (QED) is 0.741. The van der Waals surface area contributed by atoms with Gasteiger partial charge in [-0.3, -0.25) is 0 Å². The van der Waals surface area contributed by atoms with Crippen LogP contribution in [-0.2, 0) is 13.0 Å². The van der Waals surface area contributed by atoms with E-state index in [9.17, 15) is 0 Å². The number of nitrogens with zero attached hydrogens (tertiary/aromatic N) is 3. The second kappa shape index (κ2) is 5.68. The molecule has 5 heteroatoms. The summed E-state index contributed by atoms with van der Waals surface area (Å²) in [5, 5.41) is 0.773. The van der Waals surface area contributed by atoms with Gasteiger partial charge in [0.2, 0.25) is 11.8 Å². The Hall–Kier alpha value is -2.95. The summed E-state index contributed by atoms with van der Waals surface area (Å²) < 4.78 is 11.0. The molecule has 1 aliphatic carbocycles. The monoisotopic (exact) mass is 305 g/mol. The van der Waals surface area contributed by atoms with Crippen molar-refractivity contribution in [1.82, 2.24) is 15.0 Å². The van der Waals surface area contributed by atoms with Crippen molar-refractivity contribution in [2.24, 2.45) is 0 Å². The molecule has 0 spiro atoms. The van der Waals surface area contributed by atoms with Crippen LogP contribution < -0.4 is 9.47 Å². The van der Waals surface area contributed by atoms with Crippen LogP contribution in [0.15, 0.2) is 42.7 Å². The van der Waals surface area contributed by atoms with E-state index in [-0.39, 0.29) is 0 Å². The highest BCUT2D eigenvalue weighted by atomic mass is 16.5. The second-order valence-electron chi connectivity index (χ2n) is 5.33. The summed E-state index contributed by atoms with van der Waals surface area (Å²) in [5.74, 6) is 1.05. The maximum atomic E-state index is 5.88. The Morgan fingerprint density at radius 3 is 3.00 bits per heavy atom. The number of hydrogen-bond acceptors (Lipinski definition) is 5. The largest absolute Gasteiger partial charge is 0.481 e. The fraction of sp³-hybridized carbons (Fsp3) is 0.167. The summed E-state index contributed by atoms with van der Waals surface area (Å²) in [5.41, 5.74) is 4.30. The van der Waals surface area contributed by atoms with Gasteiger partial charge in [0.25, 0.3) is 0 Å². The number of hydrogen-bond donors (Lipinski definition) is 0. The minimum atomic E-state index is 0.458. The molecule has 0 atom stereocenters. The molecule has 0 saturated heterocycles. The summed E-state index contributed by atoms with van der Waals surface area (Å²) in [4.78, 5) is 12.7. The molecule has 114 valence electrons. The predicted molar refractivity (Wildman–Crippen MR) is 87.4 cm³/mol. The van der Waals surface area contributed by atoms with E-state index in [0.717, 1.165) is 17.4 Å². The lowest BCUT2D eigenvalue weighted by Gasteiger charge is -2.09. The van der Waals surface area contributed by atoms with E-state index in [4.69, 9.17) is 9.47 Å². The fourth-order valence-electron chi connectivity index (χ4n) is 2.67. The predicted octanol–water partition coefficient (Wildman–Crippen LogP) is 3.18. The first-order valence-corrected chi connectivity index (χ1v) is 7.40. The average molecular weight is 305 g/mol. The van der Waals surface area contributed by atoms with Crippen LogP contribution in [0.2, 0.25) is 0 Å². The standard InChI is InChI=1S/C18H15N3O2/c1-22-16-8-7-15-17(21-16)19-11-20-18(15)23-10-12-5-6-13-3-2-4-14(13)9-12/h2,4-9,11H,3,10H2,1H3. The average Bonchev–Trinajstić information content (AvgIpc) is 3.07. The Balaban J connectivity index is 1.59. The highest BCUT2D eigenvalue weighted by Crippen LogP contribution is 2.24. The zero-order valence-electron chi connectivity index (χ0n) is 12.7. The molecule has 0 bridgehead atoms. The number of fused-ring (bicyclic) bond motifs is 2. The normalized spacial score (nSPS) is 12.4. The Bertz CT molecular complexity index is 906. The van der Waals surface area contributed by atoms with Gasteiger partial charge in [-0.2, -0.15) is 4.98 Å². The van der Waals surface area contributed by atoms with Crippen LogP contribution in [0.1, 0.15) is 16.7 Å². The van der Waals surface area contributed by atoms with E-state index in [0.29, 0.717) is 24.0 Å². The molecule has 0 radical (unpaired) electrons. The molecule has 23 heavy (non-hydrogen) atoms. The first-order valence-electron chi connectivity index (χ1n) is 7.40. The number of ether oxygens (including phenoxy) is 2. The van der Waals surface area contributed by atoms with Crippen molar-refractivity contribution in [1.29, 1.82) is 0 Å². The Morgan fingerprint density at radius 1 is 1.13 bits per heavy atom. The minimum Gasteiger partial charge on any atom is -0.481 e. The number of allylic oxidation sites excluding steroid dienone is 1. The second-order valence-corrected chi connectivity index (χ2v) is 5.33. The van der Waals surface area contributed by atoms with Crippen LogP contribution in [0, 0.1) is 0 Å². The van der Waals surface area contributed by atoms with E-state index in [1.807, 2.05) is 6.07 Å². The van der Waals surface area contributed by atoms with Crippen molar-refractivity contribution in [3.05, 3.63) is 59.4 Å². The Morgan fingerprint density at radius 2 is 2.09 bits per heavy atom. The smallest absolute Gasteiger partial charge is 0.226 e. The van der Waals surface area contributed by atoms with Gasteiger partial charge in [0.05, 0.1) is 12.5 Å². The zero-order chi connectivity index (χ0) is 15.6. The van der Waals surface area contributed by atoms with Crippen molar-refractivity contribution in [3.63, 3.8) is 0 Å². The summed E-state index contributed by atoms with van der Waals surface area (Å²) in [6.07, 6.45) is 6.79. The van der Waals surface area contributed by atoms with Gasteiger partial charge in [-0.1, -0.05) is 24.3 Å². The summed E-state index contributed by atoms with van der Waals surface area (Å²) >= 11 is 0. The third-order valence-corrected chi connectivity index (χ3v) is 3.87. The molecule has 5 nitrogen and oxygen atoms in total. The number of benzene rings is 1. The lowest BCUT2D eigenvalue weighted by atomic mass is 10.1. The SMILES string of the molecule is COc1ccc2c(OCc3ccc4c(c3)C=CC4)ncnc2n1. The Kier molecular flexibility index (Phi) is 3.38. The number of methoxy groups -OCH3 is 1. The summed E-state index contributed by atoms with van der Waals surface area (Å²) in [6, 6.07) is 10.0. The van der Waals surface area contributed by atoms with Crippen molar-refractivity contribution in [2.45, 2.75) is 13.0 Å². The lowest BCUT2D eigenvalue weighted by molar-refractivity contribution is 0.297. The van der Waals surface area contributed by atoms with Gasteiger partial charge in [0.1, 0.15) is 12.9 Å². The van der Waals surface area contributed by atoms with E-state index < -0.39 is 0 Å². The van der Waals surface area contributed by atoms with E-state index in [2.05, 4.69) is 45.3 Å². The first-order chi connectivity index (χ1) is 11.3. The minimum absolute atomic E-state index is 0.458. The highest BCUT2D eigenvalue weighted by Gasteiger charge is 2.09. The van der Waals surface area contributed by atoms with E-state index >= 15 is 0 Å². The lowest BCUT2D eigenvalue weighted by Crippen LogP contribution is -2.00. The molecule has 4 rings (SSSR count). The number of aromatic nitrogens is 3. The molecule has 0 saturated carbocycles. The third kappa shape index (κ3) is 2.61. The molecule has 0 fully saturated rings. The van der Waals surface area contributed by atoms with Crippen LogP contribution in [0.3, 0.4) is 0 Å². The maximum Gasteiger partial charge on any atom is 0.226 e. The van der Waals surface area contributed by atoms with Crippen molar-refractivity contribution < 1.29 is 9.47 Å². The van der Waals surface area contributed by atoms with Crippen LogP contribution in [0.25, 0.3) is 17.1 Å². The van der Waals surface area contributed by atoms with Gasteiger partial charge in [-0.05, 0) is 35.2 Å². The molecule has 1 aromatic carbocycles. The zero-order valence-corrected chi connectivity index (χ0v) is 12.7. The molecule has 0 N–H and O–H groups in total. The first kappa shape index (κ1) is 13.7. The van der Waals surface area contributed by atoms with Crippen LogP contribution in [-0.4, -0.2) is 22.1 Å². The maximum absolute atomic E-state index is 5.88. The van der Waals surface area contributed by atoms with Gasteiger partial charge in [-0.15, -0.1) is 0 Å². The third-order valence-electron chi connectivity index (χ3n) is 3.87. The van der Waals surface area contributed by atoms with Gasteiger partial charge in [0, 0.05) is 6.07 Å². The van der Waals surface area contributed by atoms with Crippen molar-refractivity contribution in [3.8, 4) is 11.8 Å². The van der Waals surface area contributed by atoms with Crippen LogP contribution in [0.5, 0.6) is 11.8 Å². The van der Waals surface area contributed by atoms with Crippen LogP contribution >= 0.6 is 0 Å². The molecule has 3 aromatic rings. The van der Waals surface area contributed by atoms with E-state index in [1.165, 1.54) is 17.5 Å². The van der Waals surface area contributed by atoms with Gasteiger partial charge >= 0.3 is 0 Å². The highest BCUT2D eigenvalue weighted by molar-refractivity contribution is 5.80. The topological polar surface area (TPSA) is 57.1 Å². The molecule has 2 aromatic heterocycles. The van der Waals surface area contributed by atoms with Gasteiger partial charge in [0.15, 0.2) is 5.65 Å². The molecule has 1 aliphatic rings. The molecular formula is C18H15N3O2. The van der Waals surface area contributed by atoms with Gasteiger partial charge < -0.3 is 9.47 Å².